The summed E-state index contributed by atoms with van der Waals surface area (Å²) in [7, 11) is 2.06. The van der Waals surface area contributed by atoms with Crippen LogP contribution in [-0.2, 0) is 4.79 Å². The third-order valence-electron chi connectivity index (χ3n) is 4.64. The van der Waals surface area contributed by atoms with Crippen LogP contribution in [0.15, 0.2) is 30.3 Å². The fraction of sp³-hybridized carbons (Fsp3) is 0.600. The van der Waals surface area contributed by atoms with Crippen molar-refractivity contribution < 1.29 is 9.59 Å². The molecule has 1 aliphatic rings. The SMILES string of the molecule is CN(CCCNC(=O)N1CCN(C(=O)C(C)(C)C)CC1)c1ccccc1. The third-order valence-corrected chi connectivity index (χ3v) is 4.64. The van der Waals surface area contributed by atoms with Crippen molar-refractivity contribution in [3.63, 3.8) is 0 Å². The van der Waals surface area contributed by atoms with Crippen molar-refractivity contribution in [3.8, 4) is 0 Å². The zero-order valence-corrected chi connectivity index (χ0v) is 16.5. The number of carbonyl (C=O) groups is 2. The maximum atomic E-state index is 12.3. The molecule has 0 atom stereocenters. The number of amides is 3. The summed E-state index contributed by atoms with van der Waals surface area (Å²) in [6.07, 6.45) is 0.889. The van der Waals surface area contributed by atoms with Crippen molar-refractivity contribution in [2.24, 2.45) is 5.41 Å². The molecule has 0 bridgehead atoms. The lowest BCUT2D eigenvalue weighted by Crippen LogP contribution is -2.55. The Balaban J connectivity index is 1.66. The van der Waals surface area contributed by atoms with Crippen molar-refractivity contribution in [3.05, 3.63) is 30.3 Å². The van der Waals surface area contributed by atoms with Crippen molar-refractivity contribution in [1.29, 1.82) is 0 Å². The Morgan fingerprint density at radius 2 is 1.62 bits per heavy atom. The molecule has 1 aromatic rings. The monoisotopic (exact) mass is 360 g/mol. The molecule has 1 fully saturated rings. The number of urea groups is 1. The summed E-state index contributed by atoms with van der Waals surface area (Å²) in [5.41, 5.74) is 0.813. The number of carbonyl (C=O) groups excluding carboxylic acids is 2. The number of benzene rings is 1. The number of hydrogen-bond acceptors (Lipinski definition) is 3. The molecule has 1 heterocycles. The molecule has 1 saturated heterocycles. The van der Waals surface area contributed by atoms with Gasteiger partial charge in [0, 0.05) is 57.4 Å². The molecule has 2 rings (SSSR count). The van der Waals surface area contributed by atoms with Crippen LogP contribution in [0.3, 0.4) is 0 Å². The first-order chi connectivity index (χ1) is 12.3. The van der Waals surface area contributed by atoms with E-state index in [0.29, 0.717) is 32.7 Å². The van der Waals surface area contributed by atoms with Crippen LogP contribution in [0.5, 0.6) is 0 Å². The lowest BCUT2D eigenvalue weighted by molar-refractivity contribution is -0.140. The van der Waals surface area contributed by atoms with E-state index in [9.17, 15) is 9.59 Å². The van der Waals surface area contributed by atoms with Crippen molar-refractivity contribution in [2.45, 2.75) is 27.2 Å². The molecule has 0 radical (unpaired) electrons. The van der Waals surface area contributed by atoms with Gasteiger partial charge in [0.2, 0.25) is 5.91 Å². The van der Waals surface area contributed by atoms with Crippen LogP contribution >= 0.6 is 0 Å². The first kappa shape index (κ1) is 20.1. The number of hydrogen-bond donors (Lipinski definition) is 1. The first-order valence-corrected chi connectivity index (χ1v) is 9.37. The Hall–Kier alpha value is -2.24. The Labute approximate surface area is 157 Å². The molecule has 1 N–H and O–H groups in total. The number of nitrogens with one attached hydrogen (secondary N) is 1. The summed E-state index contributed by atoms with van der Waals surface area (Å²) in [6, 6.07) is 10.2. The fourth-order valence-electron chi connectivity index (χ4n) is 3.02. The molecule has 0 aliphatic carbocycles. The van der Waals surface area contributed by atoms with Crippen LogP contribution in [0, 0.1) is 5.41 Å². The van der Waals surface area contributed by atoms with Crippen LogP contribution in [0.4, 0.5) is 10.5 Å². The molecule has 6 nitrogen and oxygen atoms in total. The van der Waals surface area contributed by atoms with E-state index in [-0.39, 0.29) is 17.4 Å². The van der Waals surface area contributed by atoms with E-state index in [2.05, 4.69) is 29.4 Å². The average molecular weight is 361 g/mol. The van der Waals surface area contributed by atoms with E-state index in [4.69, 9.17) is 0 Å². The average Bonchev–Trinajstić information content (AvgIpc) is 2.64. The minimum atomic E-state index is -0.366. The molecule has 26 heavy (non-hydrogen) atoms. The zero-order valence-electron chi connectivity index (χ0n) is 16.5. The number of anilines is 1. The van der Waals surface area contributed by atoms with E-state index in [1.807, 2.05) is 43.9 Å². The quantitative estimate of drug-likeness (QED) is 0.821. The van der Waals surface area contributed by atoms with Crippen molar-refractivity contribution in [2.75, 3.05) is 51.2 Å². The Kier molecular flexibility index (Phi) is 6.89. The number of para-hydroxylation sites is 1. The van der Waals surface area contributed by atoms with Crippen molar-refractivity contribution >= 4 is 17.6 Å². The summed E-state index contributed by atoms with van der Waals surface area (Å²) in [4.78, 5) is 30.4. The van der Waals surface area contributed by atoms with Gasteiger partial charge in [-0.1, -0.05) is 39.0 Å². The lowest BCUT2D eigenvalue weighted by Gasteiger charge is -2.37. The van der Waals surface area contributed by atoms with E-state index < -0.39 is 0 Å². The maximum absolute atomic E-state index is 12.3. The lowest BCUT2D eigenvalue weighted by atomic mass is 9.94. The molecule has 6 heteroatoms. The molecule has 0 spiro atoms. The summed E-state index contributed by atoms with van der Waals surface area (Å²) in [5, 5.41) is 2.99. The molecule has 1 aromatic carbocycles. The topological polar surface area (TPSA) is 55.9 Å². The molecule has 0 saturated carbocycles. The van der Waals surface area contributed by atoms with Gasteiger partial charge in [0.25, 0.3) is 0 Å². The van der Waals surface area contributed by atoms with Gasteiger partial charge in [0.15, 0.2) is 0 Å². The summed E-state index contributed by atoms with van der Waals surface area (Å²) in [5.74, 6) is 0.154. The smallest absolute Gasteiger partial charge is 0.317 e. The van der Waals surface area contributed by atoms with E-state index in [0.717, 1.165) is 13.0 Å². The second-order valence-electron chi connectivity index (χ2n) is 7.87. The van der Waals surface area contributed by atoms with Crippen molar-refractivity contribution in [1.82, 2.24) is 15.1 Å². The molecule has 0 unspecified atom stereocenters. The van der Waals surface area contributed by atoms with E-state index in [1.165, 1.54) is 5.69 Å². The Morgan fingerprint density at radius 3 is 2.19 bits per heavy atom. The van der Waals surface area contributed by atoms with Crippen LogP contribution in [0.2, 0.25) is 0 Å². The fourth-order valence-corrected chi connectivity index (χ4v) is 3.02. The number of piperazine rings is 1. The summed E-state index contributed by atoms with van der Waals surface area (Å²) < 4.78 is 0. The Morgan fingerprint density at radius 1 is 1.04 bits per heavy atom. The highest BCUT2D eigenvalue weighted by molar-refractivity contribution is 5.82. The van der Waals surface area contributed by atoms with Gasteiger partial charge in [0.05, 0.1) is 0 Å². The van der Waals surface area contributed by atoms with E-state index >= 15 is 0 Å². The Bertz CT molecular complexity index is 590. The van der Waals surface area contributed by atoms with Crippen LogP contribution in [0.1, 0.15) is 27.2 Å². The van der Waals surface area contributed by atoms with Crippen LogP contribution in [0.25, 0.3) is 0 Å². The summed E-state index contributed by atoms with van der Waals surface area (Å²) >= 11 is 0. The van der Waals surface area contributed by atoms with E-state index in [1.54, 1.807) is 4.90 Å². The van der Waals surface area contributed by atoms with Gasteiger partial charge in [0.1, 0.15) is 0 Å². The van der Waals surface area contributed by atoms with Gasteiger partial charge < -0.3 is 20.0 Å². The second kappa shape index (κ2) is 8.92. The molecule has 144 valence electrons. The number of rotatable bonds is 5. The van der Waals surface area contributed by atoms with Gasteiger partial charge in [-0.15, -0.1) is 0 Å². The zero-order chi connectivity index (χ0) is 19.2. The van der Waals surface area contributed by atoms with Gasteiger partial charge in [-0.3, -0.25) is 4.79 Å². The van der Waals surface area contributed by atoms with Crippen LogP contribution < -0.4 is 10.2 Å². The highest BCUT2D eigenvalue weighted by atomic mass is 16.2. The largest absolute Gasteiger partial charge is 0.375 e. The predicted octanol–water partition coefficient (Wildman–Crippen LogP) is 2.41. The third kappa shape index (κ3) is 5.64. The first-order valence-electron chi connectivity index (χ1n) is 9.37. The highest BCUT2D eigenvalue weighted by Gasteiger charge is 2.30. The molecular formula is C20H32N4O2. The van der Waals surface area contributed by atoms with Gasteiger partial charge in [-0.2, -0.15) is 0 Å². The predicted molar refractivity (Wildman–Crippen MR) is 105 cm³/mol. The second-order valence-corrected chi connectivity index (χ2v) is 7.87. The molecule has 1 aliphatic heterocycles. The molecular weight excluding hydrogens is 328 g/mol. The van der Waals surface area contributed by atoms with Gasteiger partial charge in [-0.05, 0) is 18.6 Å². The maximum Gasteiger partial charge on any atom is 0.317 e. The highest BCUT2D eigenvalue weighted by Crippen LogP contribution is 2.18. The molecule has 3 amide bonds. The molecule has 0 aromatic heterocycles. The van der Waals surface area contributed by atoms with Crippen LogP contribution in [-0.4, -0.2) is 68.1 Å². The minimum absolute atomic E-state index is 0.0322. The van der Waals surface area contributed by atoms with Gasteiger partial charge >= 0.3 is 6.03 Å². The standard InChI is InChI=1S/C20H32N4O2/c1-20(2,3)18(25)23-13-15-24(16-14-23)19(26)21-11-8-12-22(4)17-9-6-5-7-10-17/h5-7,9-10H,8,11-16H2,1-4H3,(H,21,26). The normalized spacial score (nSPS) is 14.9. The van der Waals surface area contributed by atoms with Gasteiger partial charge in [-0.25, -0.2) is 4.79 Å². The number of nitrogens with zero attached hydrogens (tertiary/aromatic N) is 3. The minimum Gasteiger partial charge on any atom is -0.375 e. The summed E-state index contributed by atoms with van der Waals surface area (Å²) in [6.45, 7) is 9.74.